The standard InChI is InChI=1S/C25H22BrN5O3S/c1-2-34-22-14-17(8-13-21(22)32)15-27-28-23(33)16-35-25-30-29-24(18-6-4-3-5-7-18)31(25)20-11-9-19(26)10-12-20/h3-15,32H,2,16H2,1H3,(H,28,33). The Morgan fingerprint density at radius 1 is 1.14 bits per heavy atom. The Labute approximate surface area is 215 Å². The summed E-state index contributed by atoms with van der Waals surface area (Å²) in [6.07, 6.45) is 1.49. The third kappa shape index (κ3) is 6.28. The zero-order valence-corrected chi connectivity index (χ0v) is 21.2. The van der Waals surface area contributed by atoms with Crippen LogP contribution in [-0.2, 0) is 4.79 Å². The molecule has 0 aliphatic rings. The summed E-state index contributed by atoms with van der Waals surface area (Å²) in [5, 5.41) is 23.1. The molecule has 3 aromatic carbocycles. The molecule has 0 spiro atoms. The molecular weight excluding hydrogens is 530 g/mol. The number of aromatic nitrogens is 3. The largest absolute Gasteiger partial charge is 0.504 e. The summed E-state index contributed by atoms with van der Waals surface area (Å²) in [6.45, 7) is 2.26. The van der Waals surface area contributed by atoms with Crippen molar-refractivity contribution in [2.45, 2.75) is 12.1 Å². The van der Waals surface area contributed by atoms with E-state index in [1.165, 1.54) is 24.0 Å². The molecule has 10 heteroatoms. The van der Waals surface area contributed by atoms with Gasteiger partial charge in [-0.3, -0.25) is 9.36 Å². The lowest BCUT2D eigenvalue weighted by Gasteiger charge is -2.10. The van der Waals surface area contributed by atoms with Crippen LogP contribution in [-0.4, -0.2) is 44.4 Å². The lowest BCUT2D eigenvalue weighted by atomic mass is 10.2. The van der Waals surface area contributed by atoms with Gasteiger partial charge < -0.3 is 9.84 Å². The molecule has 0 fully saturated rings. The number of carbonyl (C=O) groups excluding carboxylic acids is 1. The molecule has 1 heterocycles. The number of hydrazone groups is 1. The summed E-state index contributed by atoms with van der Waals surface area (Å²) in [6, 6.07) is 22.4. The number of phenols is 1. The fraction of sp³-hybridized carbons (Fsp3) is 0.120. The highest BCUT2D eigenvalue weighted by molar-refractivity contribution is 9.10. The quantitative estimate of drug-likeness (QED) is 0.171. The number of phenolic OH excluding ortho intramolecular Hbond substituents is 1. The first kappa shape index (κ1) is 24.5. The molecule has 4 rings (SSSR count). The van der Waals surface area contributed by atoms with E-state index in [1.807, 2.05) is 66.1 Å². The molecule has 0 saturated carbocycles. The normalized spacial score (nSPS) is 11.0. The Morgan fingerprint density at radius 3 is 2.66 bits per heavy atom. The average Bonchev–Trinajstić information content (AvgIpc) is 3.30. The monoisotopic (exact) mass is 551 g/mol. The molecule has 0 unspecified atom stereocenters. The first-order valence-electron chi connectivity index (χ1n) is 10.7. The minimum Gasteiger partial charge on any atom is -0.504 e. The molecule has 178 valence electrons. The summed E-state index contributed by atoms with van der Waals surface area (Å²) >= 11 is 4.73. The molecule has 0 aliphatic carbocycles. The zero-order valence-electron chi connectivity index (χ0n) is 18.8. The number of hydrogen-bond donors (Lipinski definition) is 2. The minimum atomic E-state index is -0.290. The number of ether oxygens (including phenoxy) is 1. The predicted molar refractivity (Wildman–Crippen MR) is 140 cm³/mol. The van der Waals surface area contributed by atoms with Gasteiger partial charge in [-0.1, -0.05) is 58.0 Å². The molecule has 8 nitrogen and oxygen atoms in total. The van der Waals surface area contributed by atoms with Gasteiger partial charge in [-0.05, 0) is 55.0 Å². The third-order valence-electron chi connectivity index (χ3n) is 4.77. The van der Waals surface area contributed by atoms with E-state index in [2.05, 4.69) is 36.7 Å². The van der Waals surface area contributed by atoms with Crippen molar-refractivity contribution in [3.8, 4) is 28.6 Å². The molecule has 0 saturated heterocycles. The second-order valence-corrected chi connectivity index (χ2v) is 9.08. The number of rotatable bonds is 9. The van der Waals surface area contributed by atoms with Crippen LogP contribution in [0.4, 0.5) is 0 Å². The Balaban J connectivity index is 1.46. The Kier molecular flexibility index (Phi) is 8.17. The molecule has 0 atom stereocenters. The Bertz CT molecular complexity index is 1330. The van der Waals surface area contributed by atoms with Gasteiger partial charge in [0.05, 0.1) is 18.6 Å². The number of thioether (sulfide) groups is 1. The molecular formula is C25H22BrN5O3S. The molecule has 0 aliphatic heterocycles. The Hall–Kier alpha value is -3.63. The van der Waals surface area contributed by atoms with Crippen molar-refractivity contribution < 1.29 is 14.6 Å². The highest BCUT2D eigenvalue weighted by atomic mass is 79.9. The van der Waals surface area contributed by atoms with Gasteiger partial charge in [0, 0.05) is 15.7 Å². The number of halogens is 1. The van der Waals surface area contributed by atoms with Crippen molar-refractivity contribution in [1.82, 2.24) is 20.2 Å². The van der Waals surface area contributed by atoms with Crippen LogP contribution in [0.3, 0.4) is 0 Å². The number of aromatic hydroxyl groups is 1. The van der Waals surface area contributed by atoms with Crippen LogP contribution in [0.25, 0.3) is 17.1 Å². The summed E-state index contributed by atoms with van der Waals surface area (Å²) < 4.78 is 8.25. The van der Waals surface area contributed by atoms with E-state index in [0.29, 0.717) is 28.9 Å². The van der Waals surface area contributed by atoms with Crippen molar-refractivity contribution in [2.75, 3.05) is 12.4 Å². The second-order valence-electron chi connectivity index (χ2n) is 7.23. The van der Waals surface area contributed by atoms with Crippen LogP contribution in [0.1, 0.15) is 12.5 Å². The topological polar surface area (TPSA) is 102 Å². The Morgan fingerprint density at radius 2 is 1.91 bits per heavy atom. The summed E-state index contributed by atoms with van der Waals surface area (Å²) in [4.78, 5) is 12.4. The number of carbonyl (C=O) groups is 1. The maximum atomic E-state index is 12.4. The van der Waals surface area contributed by atoms with Crippen LogP contribution >= 0.6 is 27.7 Å². The van der Waals surface area contributed by atoms with Gasteiger partial charge in [0.25, 0.3) is 5.91 Å². The molecule has 35 heavy (non-hydrogen) atoms. The maximum Gasteiger partial charge on any atom is 0.250 e. The molecule has 4 aromatic rings. The molecule has 1 aromatic heterocycles. The van der Waals surface area contributed by atoms with E-state index in [4.69, 9.17) is 4.74 Å². The van der Waals surface area contributed by atoms with Gasteiger partial charge in [-0.25, -0.2) is 5.43 Å². The lowest BCUT2D eigenvalue weighted by molar-refractivity contribution is -0.118. The highest BCUT2D eigenvalue weighted by Crippen LogP contribution is 2.29. The molecule has 0 bridgehead atoms. The first-order chi connectivity index (χ1) is 17.0. The minimum absolute atomic E-state index is 0.0502. The maximum absolute atomic E-state index is 12.4. The van der Waals surface area contributed by atoms with E-state index in [1.54, 1.807) is 12.1 Å². The van der Waals surface area contributed by atoms with Crippen molar-refractivity contribution >= 4 is 39.8 Å². The summed E-state index contributed by atoms with van der Waals surface area (Å²) in [5.41, 5.74) is 5.00. The van der Waals surface area contributed by atoms with Crippen LogP contribution in [0.5, 0.6) is 11.5 Å². The number of nitrogens with one attached hydrogen (secondary N) is 1. The van der Waals surface area contributed by atoms with Crippen molar-refractivity contribution in [3.05, 3.63) is 82.8 Å². The number of amides is 1. The molecule has 0 radical (unpaired) electrons. The van der Waals surface area contributed by atoms with Crippen LogP contribution in [0, 0.1) is 0 Å². The van der Waals surface area contributed by atoms with Crippen molar-refractivity contribution in [1.29, 1.82) is 0 Å². The molecule has 1 amide bonds. The number of hydrogen-bond acceptors (Lipinski definition) is 7. The van der Waals surface area contributed by atoms with Gasteiger partial charge in [-0.2, -0.15) is 5.10 Å². The zero-order chi connectivity index (χ0) is 24.6. The fourth-order valence-electron chi connectivity index (χ4n) is 3.18. The summed E-state index contributed by atoms with van der Waals surface area (Å²) in [5.74, 6) is 0.905. The van der Waals surface area contributed by atoms with E-state index >= 15 is 0 Å². The van der Waals surface area contributed by atoms with Crippen molar-refractivity contribution in [3.63, 3.8) is 0 Å². The first-order valence-corrected chi connectivity index (χ1v) is 12.5. The number of nitrogens with zero attached hydrogens (tertiary/aromatic N) is 4. The van der Waals surface area contributed by atoms with E-state index in [9.17, 15) is 9.90 Å². The summed E-state index contributed by atoms with van der Waals surface area (Å²) in [7, 11) is 0. The highest BCUT2D eigenvalue weighted by Gasteiger charge is 2.17. The average molecular weight is 552 g/mol. The van der Waals surface area contributed by atoms with Crippen LogP contribution in [0.2, 0.25) is 0 Å². The van der Waals surface area contributed by atoms with Gasteiger partial charge in [0.2, 0.25) is 0 Å². The smallest absolute Gasteiger partial charge is 0.250 e. The van der Waals surface area contributed by atoms with Crippen LogP contribution < -0.4 is 10.2 Å². The third-order valence-corrected chi connectivity index (χ3v) is 6.23. The second kappa shape index (κ2) is 11.7. The van der Waals surface area contributed by atoms with Gasteiger partial charge in [-0.15, -0.1) is 10.2 Å². The number of benzene rings is 3. The predicted octanol–water partition coefficient (Wildman–Crippen LogP) is 5.04. The molecule has 2 N–H and O–H groups in total. The fourth-order valence-corrected chi connectivity index (χ4v) is 4.19. The van der Waals surface area contributed by atoms with Gasteiger partial charge in [0.15, 0.2) is 22.5 Å². The SMILES string of the molecule is CCOc1cc(C=NNC(=O)CSc2nnc(-c3ccccc3)n2-c2ccc(Br)cc2)ccc1O. The van der Waals surface area contributed by atoms with E-state index in [0.717, 1.165) is 15.7 Å². The van der Waals surface area contributed by atoms with Gasteiger partial charge in [0.1, 0.15) is 0 Å². The lowest BCUT2D eigenvalue weighted by Crippen LogP contribution is -2.20. The van der Waals surface area contributed by atoms with Crippen molar-refractivity contribution in [2.24, 2.45) is 5.10 Å². The van der Waals surface area contributed by atoms with E-state index in [-0.39, 0.29) is 17.4 Å². The van der Waals surface area contributed by atoms with Gasteiger partial charge >= 0.3 is 0 Å². The van der Waals surface area contributed by atoms with Crippen LogP contribution in [0.15, 0.2) is 87.5 Å². The van der Waals surface area contributed by atoms with E-state index < -0.39 is 0 Å².